The maximum absolute atomic E-state index is 11.8. The van der Waals surface area contributed by atoms with Crippen molar-refractivity contribution in [2.24, 2.45) is 0 Å². The molecule has 0 aliphatic heterocycles. The zero-order chi connectivity index (χ0) is 27.5. The summed E-state index contributed by atoms with van der Waals surface area (Å²) in [7, 11) is 1.51. The molecule has 2 rings (SSSR count). The number of anilines is 1. The number of nitrogens with one attached hydrogen (secondary N) is 3. The van der Waals surface area contributed by atoms with Crippen LogP contribution in [0.15, 0.2) is 42.5 Å². The average Bonchev–Trinajstić information content (AvgIpc) is 2.90. The Morgan fingerprint density at radius 2 is 1.68 bits per heavy atom. The van der Waals surface area contributed by atoms with Gasteiger partial charge in [-0.05, 0) is 62.6 Å². The van der Waals surface area contributed by atoms with E-state index in [1.54, 1.807) is 18.2 Å². The lowest BCUT2D eigenvalue weighted by atomic mass is 10.1. The van der Waals surface area contributed by atoms with Gasteiger partial charge in [0.25, 0.3) is 0 Å². The average molecular weight is 514 g/mol. The molecule has 0 saturated heterocycles. The smallest absolute Gasteiger partial charge is 0.241 e. The summed E-state index contributed by atoms with van der Waals surface area (Å²) in [6.45, 7) is 9.47. The van der Waals surface area contributed by atoms with Gasteiger partial charge in [0.15, 0.2) is 11.5 Å². The van der Waals surface area contributed by atoms with Crippen LogP contribution in [0.25, 0.3) is 0 Å². The Balaban J connectivity index is 0.000000384. The maximum Gasteiger partial charge on any atom is 0.241 e. The van der Waals surface area contributed by atoms with Gasteiger partial charge < -0.3 is 25.8 Å². The molecule has 0 aliphatic carbocycles. The quantitative estimate of drug-likeness (QED) is 0.216. The van der Waals surface area contributed by atoms with Crippen LogP contribution in [0.1, 0.15) is 83.3 Å². The molecule has 2 aromatic carbocycles. The molecule has 1 atom stereocenters. The largest absolute Gasteiger partial charge is 0.504 e. The monoisotopic (exact) mass is 513 g/mol. The van der Waals surface area contributed by atoms with Crippen molar-refractivity contribution >= 4 is 17.5 Å². The number of hydrogen-bond acceptors (Lipinski definition) is 5. The first-order chi connectivity index (χ1) is 17.8. The van der Waals surface area contributed by atoms with Crippen molar-refractivity contribution in [2.45, 2.75) is 91.6 Å². The highest BCUT2D eigenvalue weighted by atomic mass is 16.5. The first-order valence-corrected chi connectivity index (χ1v) is 13.5. The second-order valence-electron chi connectivity index (χ2n) is 9.28. The molecule has 0 radical (unpaired) electrons. The van der Waals surface area contributed by atoms with Crippen LogP contribution in [0.2, 0.25) is 0 Å². The number of unbranched alkanes of at least 4 members (excludes halogenated alkanes) is 5. The van der Waals surface area contributed by atoms with E-state index in [-0.39, 0.29) is 23.6 Å². The molecule has 1 unspecified atom stereocenters. The second kappa shape index (κ2) is 19.1. The Morgan fingerprint density at radius 1 is 0.973 bits per heavy atom. The topological polar surface area (TPSA) is 99.7 Å². The van der Waals surface area contributed by atoms with Crippen molar-refractivity contribution < 1.29 is 19.4 Å². The minimum Gasteiger partial charge on any atom is -0.504 e. The molecular weight excluding hydrogens is 466 g/mol. The predicted molar refractivity (Wildman–Crippen MR) is 152 cm³/mol. The summed E-state index contributed by atoms with van der Waals surface area (Å²) in [6, 6.07) is 12.7. The number of carbonyl (C=O) groups is 2. The SMILES string of the molecule is CCCCCCCCC(=O)NCc1ccc(O)c(OC)c1.CCCNC(C)C(=O)Nc1ccccc1C. The number of aromatic hydroxyl groups is 1. The van der Waals surface area contributed by atoms with Gasteiger partial charge in [-0.25, -0.2) is 0 Å². The summed E-state index contributed by atoms with van der Waals surface area (Å²) in [4.78, 5) is 23.5. The summed E-state index contributed by atoms with van der Waals surface area (Å²) in [5.74, 6) is 0.637. The second-order valence-corrected chi connectivity index (χ2v) is 9.28. The van der Waals surface area contributed by atoms with Gasteiger partial charge in [0.2, 0.25) is 11.8 Å². The Labute approximate surface area is 223 Å². The third-order valence-corrected chi connectivity index (χ3v) is 5.99. The Morgan fingerprint density at radius 3 is 2.35 bits per heavy atom. The summed E-state index contributed by atoms with van der Waals surface area (Å²) in [6.07, 6.45) is 8.71. The lowest BCUT2D eigenvalue weighted by Gasteiger charge is -2.14. The van der Waals surface area contributed by atoms with Crippen molar-refractivity contribution in [1.82, 2.24) is 10.6 Å². The highest BCUT2D eigenvalue weighted by Gasteiger charge is 2.12. The van der Waals surface area contributed by atoms with E-state index in [4.69, 9.17) is 4.74 Å². The summed E-state index contributed by atoms with van der Waals surface area (Å²) in [5.41, 5.74) is 2.89. The fourth-order valence-corrected chi connectivity index (χ4v) is 3.59. The number of amides is 2. The Hall–Kier alpha value is -3.06. The van der Waals surface area contributed by atoms with E-state index in [9.17, 15) is 14.7 Å². The van der Waals surface area contributed by atoms with E-state index in [2.05, 4.69) is 29.8 Å². The highest BCUT2D eigenvalue weighted by molar-refractivity contribution is 5.95. The van der Waals surface area contributed by atoms with Gasteiger partial charge in [-0.3, -0.25) is 9.59 Å². The molecule has 7 heteroatoms. The molecule has 0 fully saturated rings. The fraction of sp³-hybridized carbons (Fsp3) is 0.533. The Bertz CT molecular complexity index is 933. The first kappa shape index (κ1) is 32.0. The molecule has 37 heavy (non-hydrogen) atoms. The number of ether oxygens (including phenoxy) is 1. The minimum atomic E-state index is -0.153. The summed E-state index contributed by atoms with van der Waals surface area (Å²) in [5, 5.41) is 18.5. The number of carbonyl (C=O) groups excluding carboxylic acids is 2. The molecule has 0 heterocycles. The third kappa shape index (κ3) is 13.7. The molecule has 0 aliphatic rings. The maximum atomic E-state index is 11.8. The van der Waals surface area contributed by atoms with Gasteiger partial charge in [-0.1, -0.05) is 70.2 Å². The minimum absolute atomic E-state index is 0.0164. The number of aryl methyl sites for hydroxylation is 1. The van der Waals surface area contributed by atoms with E-state index in [1.807, 2.05) is 38.1 Å². The predicted octanol–water partition coefficient (Wildman–Crippen LogP) is 6.09. The van der Waals surface area contributed by atoms with E-state index in [0.29, 0.717) is 18.7 Å². The normalized spacial score (nSPS) is 11.2. The van der Waals surface area contributed by atoms with E-state index in [1.165, 1.54) is 32.8 Å². The van der Waals surface area contributed by atoms with Gasteiger partial charge in [0.05, 0.1) is 13.2 Å². The van der Waals surface area contributed by atoms with Crippen LogP contribution in [0.4, 0.5) is 5.69 Å². The molecule has 2 aromatic rings. The number of hydrogen-bond donors (Lipinski definition) is 4. The van der Waals surface area contributed by atoms with Crippen molar-refractivity contribution in [2.75, 3.05) is 19.0 Å². The van der Waals surface area contributed by atoms with Crippen molar-refractivity contribution in [3.05, 3.63) is 53.6 Å². The van der Waals surface area contributed by atoms with Gasteiger partial charge in [0, 0.05) is 18.7 Å². The van der Waals surface area contributed by atoms with Crippen LogP contribution in [0, 0.1) is 6.92 Å². The third-order valence-electron chi connectivity index (χ3n) is 5.99. The van der Waals surface area contributed by atoms with Crippen molar-refractivity contribution in [3.63, 3.8) is 0 Å². The highest BCUT2D eigenvalue weighted by Crippen LogP contribution is 2.26. The number of para-hydroxylation sites is 1. The molecule has 4 N–H and O–H groups in total. The Kier molecular flexibility index (Phi) is 16.5. The van der Waals surface area contributed by atoms with Crippen molar-refractivity contribution in [1.29, 1.82) is 0 Å². The lowest BCUT2D eigenvalue weighted by molar-refractivity contribution is -0.121. The van der Waals surface area contributed by atoms with Gasteiger partial charge in [-0.2, -0.15) is 0 Å². The van der Waals surface area contributed by atoms with Crippen LogP contribution >= 0.6 is 0 Å². The van der Waals surface area contributed by atoms with Gasteiger partial charge in [0.1, 0.15) is 0 Å². The molecule has 7 nitrogen and oxygen atoms in total. The molecular formula is C30H47N3O4. The first-order valence-electron chi connectivity index (χ1n) is 13.5. The number of benzene rings is 2. The zero-order valence-corrected chi connectivity index (χ0v) is 23.4. The number of phenols is 1. The van der Waals surface area contributed by atoms with Gasteiger partial charge in [-0.15, -0.1) is 0 Å². The number of phenolic OH excluding ortho intramolecular Hbond substituents is 1. The standard InChI is InChI=1S/C17H27NO3.C13H20N2O/c1-3-4-5-6-7-8-9-17(20)18-13-14-10-11-15(19)16(12-14)21-2;1-4-9-14-11(3)13(16)15-12-8-6-5-7-10(12)2/h10-12,19H,3-9,13H2,1-2H3,(H,18,20);5-8,11,14H,4,9H2,1-3H3,(H,15,16). The molecule has 0 aromatic heterocycles. The van der Waals surface area contributed by atoms with Crippen LogP contribution in [-0.4, -0.2) is 36.6 Å². The van der Waals surface area contributed by atoms with Crippen molar-refractivity contribution in [3.8, 4) is 11.5 Å². The molecule has 0 bridgehead atoms. The molecule has 2 amide bonds. The van der Waals surface area contributed by atoms with Crippen LogP contribution < -0.4 is 20.7 Å². The fourth-order valence-electron chi connectivity index (χ4n) is 3.59. The summed E-state index contributed by atoms with van der Waals surface area (Å²) < 4.78 is 5.04. The zero-order valence-electron chi connectivity index (χ0n) is 23.4. The van der Waals surface area contributed by atoms with Gasteiger partial charge >= 0.3 is 0 Å². The van der Waals surface area contributed by atoms with Crippen LogP contribution in [0.5, 0.6) is 11.5 Å². The van der Waals surface area contributed by atoms with E-state index >= 15 is 0 Å². The molecule has 0 saturated carbocycles. The number of rotatable bonds is 15. The van der Waals surface area contributed by atoms with E-state index < -0.39 is 0 Å². The van der Waals surface area contributed by atoms with Crippen LogP contribution in [0.3, 0.4) is 0 Å². The molecule has 206 valence electrons. The molecule has 0 spiro atoms. The number of methoxy groups -OCH3 is 1. The van der Waals surface area contributed by atoms with E-state index in [0.717, 1.165) is 42.6 Å². The van der Waals surface area contributed by atoms with Crippen LogP contribution in [-0.2, 0) is 16.1 Å². The lowest BCUT2D eigenvalue weighted by Crippen LogP contribution is -2.38. The summed E-state index contributed by atoms with van der Waals surface area (Å²) >= 11 is 0.